The van der Waals surface area contributed by atoms with Gasteiger partial charge in [0.05, 0.1) is 13.7 Å². The van der Waals surface area contributed by atoms with Crippen molar-refractivity contribution in [3.05, 3.63) is 12.2 Å². The fourth-order valence-electron chi connectivity index (χ4n) is 1.40. The summed E-state index contributed by atoms with van der Waals surface area (Å²) in [7, 11) is 3.20. The number of carbonyl (C=O) groups is 1. The molecule has 0 saturated heterocycles. The van der Waals surface area contributed by atoms with Crippen molar-refractivity contribution in [2.75, 3.05) is 7.11 Å². The number of nitrogens with zero attached hydrogens (tertiary/aromatic N) is 3. The minimum absolute atomic E-state index is 0.167. The number of aromatic nitrogens is 3. The first-order chi connectivity index (χ1) is 7.56. The molecule has 0 spiro atoms. The zero-order chi connectivity index (χ0) is 12.1. The van der Waals surface area contributed by atoms with Gasteiger partial charge in [0.25, 0.3) is 0 Å². The molecule has 1 aromatic heterocycles. The highest BCUT2D eigenvalue weighted by atomic mass is 16.5. The predicted octanol–water partition coefficient (Wildman–Crippen LogP) is 0.102. The van der Waals surface area contributed by atoms with Crippen molar-refractivity contribution in [3.8, 4) is 0 Å². The van der Waals surface area contributed by atoms with Crippen molar-refractivity contribution in [2.24, 2.45) is 13.0 Å². The number of esters is 1. The minimum Gasteiger partial charge on any atom is -0.468 e. The standard InChI is InChI=1S/C10H18N4O2/c1-7(2)9(10(15)16-4)11-5-8-12-6-13-14(8)3/h6-7,9,11H,5H2,1-4H3. The molecular formula is C10H18N4O2. The van der Waals surface area contributed by atoms with E-state index in [4.69, 9.17) is 4.74 Å². The van der Waals surface area contributed by atoms with E-state index in [0.29, 0.717) is 6.54 Å². The van der Waals surface area contributed by atoms with E-state index in [1.54, 1.807) is 4.68 Å². The van der Waals surface area contributed by atoms with E-state index in [9.17, 15) is 4.79 Å². The van der Waals surface area contributed by atoms with Crippen LogP contribution in [0.2, 0.25) is 0 Å². The minimum atomic E-state index is -0.318. The number of methoxy groups -OCH3 is 1. The highest BCUT2D eigenvalue weighted by molar-refractivity contribution is 5.75. The van der Waals surface area contributed by atoms with Crippen LogP contribution in [0.5, 0.6) is 0 Å². The Morgan fingerprint density at radius 1 is 1.62 bits per heavy atom. The summed E-state index contributed by atoms with van der Waals surface area (Å²) >= 11 is 0. The molecule has 1 heterocycles. The van der Waals surface area contributed by atoms with Gasteiger partial charge in [0, 0.05) is 7.05 Å². The van der Waals surface area contributed by atoms with Gasteiger partial charge in [0.15, 0.2) is 0 Å². The predicted molar refractivity (Wildman–Crippen MR) is 58.5 cm³/mol. The lowest BCUT2D eigenvalue weighted by atomic mass is 10.0. The quantitative estimate of drug-likeness (QED) is 0.721. The fraction of sp³-hybridized carbons (Fsp3) is 0.700. The lowest BCUT2D eigenvalue weighted by molar-refractivity contribution is -0.144. The van der Waals surface area contributed by atoms with Crippen molar-refractivity contribution in [1.82, 2.24) is 20.1 Å². The Hall–Kier alpha value is -1.43. The van der Waals surface area contributed by atoms with Crippen molar-refractivity contribution in [3.63, 3.8) is 0 Å². The topological polar surface area (TPSA) is 69.0 Å². The molecule has 0 bridgehead atoms. The second-order valence-electron chi connectivity index (χ2n) is 3.93. The smallest absolute Gasteiger partial charge is 0.323 e. The lowest BCUT2D eigenvalue weighted by Crippen LogP contribution is -2.41. The summed E-state index contributed by atoms with van der Waals surface area (Å²) in [6.07, 6.45) is 1.49. The van der Waals surface area contributed by atoms with Gasteiger partial charge in [-0.15, -0.1) is 0 Å². The Balaban J connectivity index is 2.57. The summed E-state index contributed by atoms with van der Waals surface area (Å²) in [6, 6.07) is -0.318. The van der Waals surface area contributed by atoms with Crippen LogP contribution in [0.25, 0.3) is 0 Å². The van der Waals surface area contributed by atoms with Crippen LogP contribution in [0.3, 0.4) is 0 Å². The summed E-state index contributed by atoms with van der Waals surface area (Å²) in [5, 5.41) is 7.07. The molecule has 1 N–H and O–H groups in total. The first kappa shape index (κ1) is 12.6. The molecular weight excluding hydrogens is 208 g/mol. The summed E-state index contributed by atoms with van der Waals surface area (Å²) in [4.78, 5) is 15.5. The summed E-state index contributed by atoms with van der Waals surface area (Å²) in [5.41, 5.74) is 0. The molecule has 90 valence electrons. The van der Waals surface area contributed by atoms with Crippen LogP contribution < -0.4 is 5.32 Å². The molecule has 0 aliphatic carbocycles. The summed E-state index contributed by atoms with van der Waals surface area (Å²) < 4.78 is 6.40. The summed E-state index contributed by atoms with van der Waals surface area (Å²) in [5.74, 6) is 0.701. The number of aryl methyl sites for hydroxylation is 1. The Bertz CT molecular complexity index is 348. The molecule has 6 nitrogen and oxygen atoms in total. The van der Waals surface area contributed by atoms with Gasteiger partial charge in [-0.2, -0.15) is 5.10 Å². The molecule has 0 aliphatic heterocycles. The zero-order valence-corrected chi connectivity index (χ0v) is 10.1. The maximum Gasteiger partial charge on any atom is 0.323 e. The molecule has 0 aliphatic rings. The third-order valence-electron chi connectivity index (χ3n) is 2.41. The van der Waals surface area contributed by atoms with Crippen LogP contribution in [0.15, 0.2) is 6.33 Å². The number of ether oxygens (including phenoxy) is 1. The third-order valence-corrected chi connectivity index (χ3v) is 2.41. The number of carbonyl (C=O) groups excluding carboxylic acids is 1. The molecule has 0 saturated carbocycles. The van der Waals surface area contributed by atoms with Crippen molar-refractivity contribution in [2.45, 2.75) is 26.4 Å². The molecule has 0 radical (unpaired) electrons. The van der Waals surface area contributed by atoms with Crippen LogP contribution in [-0.4, -0.2) is 33.9 Å². The molecule has 6 heteroatoms. The highest BCUT2D eigenvalue weighted by Gasteiger charge is 2.22. The normalized spacial score (nSPS) is 12.8. The first-order valence-corrected chi connectivity index (χ1v) is 5.20. The fourth-order valence-corrected chi connectivity index (χ4v) is 1.40. The Labute approximate surface area is 95.0 Å². The first-order valence-electron chi connectivity index (χ1n) is 5.20. The van der Waals surface area contributed by atoms with Gasteiger partial charge >= 0.3 is 5.97 Å². The number of nitrogens with one attached hydrogen (secondary N) is 1. The van der Waals surface area contributed by atoms with Gasteiger partial charge in [-0.25, -0.2) is 4.98 Å². The number of hydrogen-bond acceptors (Lipinski definition) is 5. The molecule has 1 atom stereocenters. The monoisotopic (exact) mass is 226 g/mol. The van der Waals surface area contributed by atoms with Crippen molar-refractivity contribution >= 4 is 5.97 Å². The van der Waals surface area contributed by atoms with Crippen LogP contribution in [0.4, 0.5) is 0 Å². The SMILES string of the molecule is COC(=O)C(NCc1ncnn1C)C(C)C. The molecule has 0 amide bonds. The average Bonchev–Trinajstić information content (AvgIpc) is 2.64. The molecule has 0 fully saturated rings. The lowest BCUT2D eigenvalue weighted by Gasteiger charge is -2.19. The Morgan fingerprint density at radius 2 is 2.31 bits per heavy atom. The molecule has 1 unspecified atom stereocenters. The van der Waals surface area contributed by atoms with Crippen LogP contribution in [0, 0.1) is 5.92 Å². The molecule has 0 aromatic carbocycles. The molecule has 1 rings (SSSR count). The van der Waals surface area contributed by atoms with Crippen LogP contribution in [-0.2, 0) is 23.1 Å². The maximum absolute atomic E-state index is 11.5. The van der Waals surface area contributed by atoms with Gasteiger partial charge in [0.2, 0.25) is 0 Å². The van der Waals surface area contributed by atoms with Crippen LogP contribution in [0.1, 0.15) is 19.7 Å². The van der Waals surface area contributed by atoms with Crippen molar-refractivity contribution in [1.29, 1.82) is 0 Å². The van der Waals surface area contributed by atoms with Gasteiger partial charge in [0.1, 0.15) is 18.2 Å². The van der Waals surface area contributed by atoms with Gasteiger partial charge in [-0.3, -0.25) is 14.8 Å². The maximum atomic E-state index is 11.5. The summed E-state index contributed by atoms with van der Waals surface area (Å²) in [6.45, 7) is 4.42. The second kappa shape index (κ2) is 5.60. The van der Waals surface area contributed by atoms with E-state index >= 15 is 0 Å². The van der Waals surface area contributed by atoms with E-state index in [2.05, 4.69) is 15.4 Å². The highest BCUT2D eigenvalue weighted by Crippen LogP contribution is 2.04. The number of rotatable bonds is 5. The Morgan fingerprint density at radius 3 is 2.75 bits per heavy atom. The van der Waals surface area contributed by atoms with Gasteiger partial charge < -0.3 is 4.74 Å². The van der Waals surface area contributed by atoms with E-state index in [0.717, 1.165) is 5.82 Å². The molecule has 16 heavy (non-hydrogen) atoms. The van der Waals surface area contributed by atoms with E-state index in [-0.39, 0.29) is 17.9 Å². The number of hydrogen-bond donors (Lipinski definition) is 1. The average molecular weight is 226 g/mol. The zero-order valence-electron chi connectivity index (χ0n) is 10.1. The van der Waals surface area contributed by atoms with Crippen LogP contribution >= 0.6 is 0 Å². The van der Waals surface area contributed by atoms with Gasteiger partial charge in [-0.05, 0) is 5.92 Å². The largest absolute Gasteiger partial charge is 0.468 e. The Kier molecular flexibility index (Phi) is 4.42. The van der Waals surface area contributed by atoms with Crippen molar-refractivity contribution < 1.29 is 9.53 Å². The third kappa shape index (κ3) is 3.03. The van der Waals surface area contributed by atoms with E-state index in [1.807, 2.05) is 20.9 Å². The molecule has 1 aromatic rings. The second-order valence-corrected chi connectivity index (χ2v) is 3.93. The van der Waals surface area contributed by atoms with E-state index in [1.165, 1.54) is 13.4 Å². The van der Waals surface area contributed by atoms with E-state index < -0.39 is 0 Å². The van der Waals surface area contributed by atoms with Gasteiger partial charge in [-0.1, -0.05) is 13.8 Å².